The van der Waals surface area contributed by atoms with E-state index in [0.29, 0.717) is 6.29 Å². The number of halogens is 3. The zero-order valence-corrected chi connectivity index (χ0v) is 8.35. The third-order valence-corrected chi connectivity index (χ3v) is 2.16. The van der Waals surface area contributed by atoms with Crippen LogP contribution in [0.3, 0.4) is 0 Å². The molecule has 7 heteroatoms. The summed E-state index contributed by atoms with van der Waals surface area (Å²) in [6.45, 7) is 0. The highest BCUT2D eigenvalue weighted by molar-refractivity contribution is 5.76. The van der Waals surface area contributed by atoms with Gasteiger partial charge in [0.25, 0.3) is 0 Å². The molecule has 0 atom stereocenters. The molecule has 2 aromatic rings. The fourth-order valence-electron chi connectivity index (χ4n) is 1.40. The molecule has 0 aliphatic rings. The predicted octanol–water partition coefficient (Wildman–Crippen LogP) is 2.10. The van der Waals surface area contributed by atoms with E-state index < -0.39 is 11.7 Å². The number of rotatable bonds is 2. The Balaban J connectivity index is 2.65. The van der Waals surface area contributed by atoms with Gasteiger partial charge in [0.1, 0.15) is 18.9 Å². The zero-order valence-electron chi connectivity index (χ0n) is 8.35. The van der Waals surface area contributed by atoms with Gasteiger partial charge in [-0.25, -0.2) is 0 Å². The summed E-state index contributed by atoms with van der Waals surface area (Å²) in [5.41, 5.74) is -0.864. The van der Waals surface area contributed by atoms with E-state index in [4.69, 9.17) is 0 Å². The van der Waals surface area contributed by atoms with Crippen molar-refractivity contribution in [2.75, 3.05) is 0 Å². The first-order chi connectivity index (χ1) is 8.02. The van der Waals surface area contributed by atoms with E-state index in [9.17, 15) is 18.0 Å². The van der Waals surface area contributed by atoms with Crippen molar-refractivity contribution in [3.63, 3.8) is 0 Å². The first-order valence-corrected chi connectivity index (χ1v) is 4.54. The minimum Gasteiger partial charge on any atom is -0.298 e. The third-order valence-electron chi connectivity index (χ3n) is 2.16. The van der Waals surface area contributed by atoms with Gasteiger partial charge in [-0.15, -0.1) is 10.2 Å². The smallest absolute Gasteiger partial charge is 0.298 e. The second kappa shape index (κ2) is 4.00. The van der Waals surface area contributed by atoms with Gasteiger partial charge in [0.15, 0.2) is 0 Å². The average Bonchev–Trinajstić information content (AvgIpc) is 2.80. The number of carbonyl (C=O) groups is 1. The van der Waals surface area contributed by atoms with Crippen molar-refractivity contribution < 1.29 is 18.0 Å². The number of alkyl halides is 3. The van der Waals surface area contributed by atoms with E-state index in [0.717, 1.165) is 35.4 Å². The molecule has 17 heavy (non-hydrogen) atoms. The van der Waals surface area contributed by atoms with Crippen molar-refractivity contribution in [2.24, 2.45) is 0 Å². The summed E-state index contributed by atoms with van der Waals surface area (Å²) in [4.78, 5) is 10.6. The molecular formula is C10H6F3N3O. The Kier molecular flexibility index (Phi) is 2.66. The molecule has 0 bridgehead atoms. The summed E-state index contributed by atoms with van der Waals surface area (Å²) in [5, 5.41) is 6.87. The number of aldehydes is 1. The van der Waals surface area contributed by atoms with Crippen LogP contribution in [-0.2, 0) is 6.18 Å². The van der Waals surface area contributed by atoms with Crippen LogP contribution < -0.4 is 0 Å². The van der Waals surface area contributed by atoms with Crippen molar-refractivity contribution >= 4 is 6.29 Å². The lowest BCUT2D eigenvalue weighted by Crippen LogP contribution is -2.10. The van der Waals surface area contributed by atoms with Crippen LogP contribution in [0, 0.1) is 0 Å². The molecule has 0 fully saturated rings. The molecule has 0 amide bonds. The molecule has 0 aliphatic heterocycles. The molecule has 2 rings (SSSR count). The first-order valence-electron chi connectivity index (χ1n) is 4.54. The molecule has 1 aromatic heterocycles. The lowest BCUT2D eigenvalue weighted by Gasteiger charge is -2.13. The molecule has 0 saturated heterocycles. The van der Waals surface area contributed by atoms with Crippen molar-refractivity contribution in [2.45, 2.75) is 6.18 Å². The van der Waals surface area contributed by atoms with E-state index in [1.807, 2.05) is 0 Å². The van der Waals surface area contributed by atoms with Crippen LogP contribution in [0.5, 0.6) is 0 Å². The highest BCUT2D eigenvalue weighted by Crippen LogP contribution is 2.33. The SMILES string of the molecule is O=Cc1ccc(C(F)(F)F)c(-n2cnnc2)c1. The van der Waals surface area contributed by atoms with E-state index in [1.54, 1.807) is 0 Å². The summed E-state index contributed by atoms with van der Waals surface area (Å²) in [7, 11) is 0. The van der Waals surface area contributed by atoms with Crippen LogP contribution in [0.2, 0.25) is 0 Å². The standard InChI is InChI=1S/C10H6F3N3O/c11-10(12,13)8-2-1-7(4-17)3-9(8)16-5-14-15-6-16/h1-6H. The molecule has 0 spiro atoms. The van der Waals surface area contributed by atoms with Gasteiger partial charge < -0.3 is 0 Å². The minimum atomic E-state index is -4.50. The molecule has 0 unspecified atom stereocenters. The maximum Gasteiger partial charge on any atom is 0.418 e. The van der Waals surface area contributed by atoms with E-state index in [2.05, 4.69) is 10.2 Å². The second-order valence-electron chi connectivity index (χ2n) is 3.26. The molecule has 88 valence electrons. The van der Waals surface area contributed by atoms with E-state index in [-0.39, 0.29) is 11.3 Å². The van der Waals surface area contributed by atoms with Crippen molar-refractivity contribution in [3.8, 4) is 5.69 Å². The lowest BCUT2D eigenvalue weighted by atomic mass is 10.1. The maximum absolute atomic E-state index is 12.7. The molecule has 0 aliphatic carbocycles. The largest absolute Gasteiger partial charge is 0.418 e. The highest BCUT2D eigenvalue weighted by Gasteiger charge is 2.34. The van der Waals surface area contributed by atoms with Gasteiger partial charge in [0, 0.05) is 5.56 Å². The van der Waals surface area contributed by atoms with Crippen LogP contribution in [0.15, 0.2) is 30.9 Å². The highest BCUT2D eigenvalue weighted by atomic mass is 19.4. The second-order valence-corrected chi connectivity index (χ2v) is 3.26. The molecule has 4 nitrogen and oxygen atoms in total. The van der Waals surface area contributed by atoms with Gasteiger partial charge in [-0.2, -0.15) is 13.2 Å². The van der Waals surface area contributed by atoms with Crippen LogP contribution >= 0.6 is 0 Å². The summed E-state index contributed by atoms with van der Waals surface area (Å²) in [5.74, 6) is 0. The fourth-order valence-corrected chi connectivity index (χ4v) is 1.40. The summed E-state index contributed by atoms with van der Waals surface area (Å²) in [6.07, 6.45) is -1.74. The molecule has 0 saturated carbocycles. The quantitative estimate of drug-likeness (QED) is 0.756. The van der Waals surface area contributed by atoms with Gasteiger partial charge in [-0.3, -0.25) is 9.36 Å². The monoisotopic (exact) mass is 241 g/mol. The van der Waals surface area contributed by atoms with Crippen LogP contribution in [0.1, 0.15) is 15.9 Å². The Morgan fingerprint density at radius 1 is 1.18 bits per heavy atom. The average molecular weight is 241 g/mol. The molecule has 0 radical (unpaired) electrons. The Hall–Kier alpha value is -2.18. The van der Waals surface area contributed by atoms with Crippen molar-refractivity contribution in [3.05, 3.63) is 42.0 Å². The van der Waals surface area contributed by atoms with Crippen LogP contribution in [0.4, 0.5) is 13.2 Å². The summed E-state index contributed by atoms with van der Waals surface area (Å²) in [6, 6.07) is 3.11. The number of aromatic nitrogens is 3. The minimum absolute atomic E-state index is 0.154. The molecule has 1 heterocycles. The van der Waals surface area contributed by atoms with E-state index >= 15 is 0 Å². The van der Waals surface area contributed by atoms with Gasteiger partial charge in [-0.1, -0.05) is 6.07 Å². The first kappa shape index (κ1) is 11.3. The van der Waals surface area contributed by atoms with Gasteiger partial charge >= 0.3 is 6.18 Å². The topological polar surface area (TPSA) is 47.8 Å². The van der Waals surface area contributed by atoms with Crippen molar-refractivity contribution in [1.29, 1.82) is 0 Å². The van der Waals surface area contributed by atoms with E-state index in [1.165, 1.54) is 0 Å². The Morgan fingerprint density at radius 2 is 1.82 bits per heavy atom. The number of benzene rings is 1. The van der Waals surface area contributed by atoms with Crippen molar-refractivity contribution in [1.82, 2.24) is 14.8 Å². The Morgan fingerprint density at radius 3 is 2.35 bits per heavy atom. The van der Waals surface area contributed by atoms with Crippen LogP contribution in [0.25, 0.3) is 5.69 Å². The fraction of sp³-hybridized carbons (Fsp3) is 0.100. The Bertz CT molecular complexity index is 534. The van der Waals surface area contributed by atoms with Gasteiger partial charge in [0.05, 0.1) is 11.3 Å². The lowest BCUT2D eigenvalue weighted by molar-refractivity contribution is -0.137. The van der Waals surface area contributed by atoms with Gasteiger partial charge in [0.2, 0.25) is 0 Å². The molecule has 1 aromatic carbocycles. The molecular weight excluding hydrogens is 235 g/mol. The molecule has 0 N–H and O–H groups in total. The number of hydrogen-bond acceptors (Lipinski definition) is 3. The Labute approximate surface area is 93.7 Å². The predicted molar refractivity (Wildman–Crippen MR) is 51.7 cm³/mol. The van der Waals surface area contributed by atoms with Crippen LogP contribution in [-0.4, -0.2) is 21.1 Å². The maximum atomic E-state index is 12.7. The number of carbonyl (C=O) groups excluding carboxylic acids is 1. The summed E-state index contributed by atoms with van der Waals surface area (Å²) >= 11 is 0. The number of hydrogen-bond donors (Lipinski definition) is 0. The normalized spacial score (nSPS) is 11.5. The zero-order chi connectivity index (χ0) is 12.5. The number of nitrogens with zero attached hydrogens (tertiary/aromatic N) is 3. The van der Waals surface area contributed by atoms with Gasteiger partial charge in [-0.05, 0) is 12.1 Å². The third kappa shape index (κ3) is 2.17. The summed E-state index contributed by atoms with van der Waals surface area (Å²) < 4.78 is 39.3.